The summed E-state index contributed by atoms with van der Waals surface area (Å²) >= 11 is 0. The van der Waals surface area contributed by atoms with E-state index in [1.165, 1.54) is 5.56 Å². The Kier molecular flexibility index (Phi) is 5.05. The van der Waals surface area contributed by atoms with E-state index in [1.807, 2.05) is 25.1 Å². The molecule has 126 valence electrons. The molecule has 0 unspecified atom stereocenters. The molecule has 24 heavy (non-hydrogen) atoms. The Hall–Kier alpha value is -2.47. The third-order valence-corrected chi connectivity index (χ3v) is 4.24. The zero-order chi connectivity index (χ0) is 16.8. The van der Waals surface area contributed by atoms with Gasteiger partial charge in [0.15, 0.2) is 5.82 Å². The van der Waals surface area contributed by atoms with Crippen LogP contribution in [0, 0.1) is 6.92 Å². The number of hydrogen-bond acceptors (Lipinski definition) is 4. The molecule has 0 saturated carbocycles. The van der Waals surface area contributed by atoms with E-state index in [1.54, 1.807) is 12.4 Å². The maximum absolute atomic E-state index is 12.4. The monoisotopic (exact) mass is 326 g/mol. The van der Waals surface area contributed by atoms with E-state index in [0.717, 1.165) is 25.0 Å². The molecule has 1 aromatic heterocycles. The number of urea groups is 1. The Bertz CT molecular complexity index is 667. The van der Waals surface area contributed by atoms with Crippen molar-refractivity contribution in [3.05, 3.63) is 54.0 Å². The smallest absolute Gasteiger partial charge is 0.320 e. The fraction of sp³-hybridized carbons (Fsp3) is 0.389. The van der Waals surface area contributed by atoms with E-state index in [4.69, 9.17) is 4.74 Å². The number of amides is 2. The van der Waals surface area contributed by atoms with Crippen LogP contribution in [0.25, 0.3) is 0 Å². The average molecular weight is 326 g/mol. The number of hydrogen-bond donors (Lipinski definition) is 2. The van der Waals surface area contributed by atoms with Gasteiger partial charge in [-0.15, -0.1) is 0 Å². The predicted octanol–water partition coefficient (Wildman–Crippen LogP) is 2.70. The molecule has 6 nitrogen and oxygen atoms in total. The molecule has 0 bridgehead atoms. The number of anilines is 1. The largest absolute Gasteiger partial charge is 0.381 e. The molecule has 0 radical (unpaired) electrons. The molecule has 0 spiro atoms. The van der Waals surface area contributed by atoms with Crippen LogP contribution in [-0.4, -0.2) is 34.8 Å². The van der Waals surface area contributed by atoms with Gasteiger partial charge in [0, 0.05) is 13.2 Å². The molecule has 1 saturated heterocycles. The predicted molar refractivity (Wildman–Crippen MR) is 91.9 cm³/mol. The van der Waals surface area contributed by atoms with Gasteiger partial charge in [0.1, 0.15) is 0 Å². The molecule has 2 heterocycles. The van der Waals surface area contributed by atoms with E-state index < -0.39 is 0 Å². The number of carbonyl (C=O) groups is 1. The minimum atomic E-state index is -0.304. The SMILES string of the molecule is Cc1cnc(NC(=O)NC2(Cc3ccccc3)CCOCC2)cn1. The van der Waals surface area contributed by atoms with Crippen molar-refractivity contribution in [3.8, 4) is 0 Å². The summed E-state index contributed by atoms with van der Waals surface area (Å²) in [5, 5.41) is 5.91. The first kappa shape index (κ1) is 16.4. The molecule has 0 aliphatic carbocycles. The number of nitrogens with one attached hydrogen (secondary N) is 2. The minimum Gasteiger partial charge on any atom is -0.381 e. The molecule has 2 aromatic rings. The highest BCUT2D eigenvalue weighted by Gasteiger charge is 2.34. The van der Waals surface area contributed by atoms with Crippen LogP contribution >= 0.6 is 0 Å². The number of rotatable bonds is 4. The second kappa shape index (κ2) is 7.40. The van der Waals surface area contributed by atoms with Gasteiger partial charge in [-0.25, -0.2) is 9.78 Å². The number of ether oxygens (including phenoxy) is 1. The Morgan fingerprint density at radius 1 is 1.17 bits per heavy atom. The van der Waals surface area contributed by atoms with Crippen molar-refractivity contribution in [1.29, 1.82) is 0 Å². The summed E-state index contributed by atoms with van der Waals surface area (Å²) in [5.74, 6) is 0.444. The summed E-state index contributed by atoms with van der Waals surface area (Å²) in [6, 6.07) is 9.95. The van der Waals surface area contributed by atoms with Crippen molar-refractivity contribution in [3.63, 3.8) is 0 Å². The topological polar surface area (TPSA) is 76.1 Å². The number of nitrogens with zero attached hydrogens (tertiary/aromatic N) is 2. The van der Waals surface area contributed by atoms with Crippen LogP contribution < -0.4 is 10.6 Å². The molecular formula is C18H22N4O2. The Labute approximate surface area is 141 Å². The van der Waals surface area contributed by atoms with Gasteiger partial charge >= 0.3 is 6.03 Å². The van der Waals surface area contributed by atoms with Gasteiger partial charge in [0.25, 0.3) is 0 Å². The van der Waals surface area contributed by atoms with Crippen molar-refractivity contribution in [2.45, 2.75) is 31.7 Å². The summed E-state index contributed by atoms with van der Waals surface area (Å²) in [4.78, 5) is 20.7. The van der Waals surface area contributed by atoms with Crippen molar-refractivity contribution < 1.29 is 9.53 Å². The number of aryl methyl sites for hydroxylation is 1. The van der Waals surface area contributed by atoms with Crippen molar-refractivity contribution in [1.82, 2.24) is 15.3 Å². The Morgan fingerprint density at radius 2 is 1.92 bits per heavy atom. The Balaban J connectivity index is 1.69. The molecule has 3 rings (SSSR count). The van der Waals surface area contributed by atoms with Crippen LogP contribution in [0.1, 0.15) is 24.1 Å². The van der Waals surface area contributed by atoms with Gasteiger partial charge in [-0.3, -0.25) is 10.3 Å². The summed E-state index contributed by atoms with van der Waals surface area (Å²) in [5.41, 5.74) is 1.71. The lowest BCUT2D eigenvalue weighted by Crippen LogP contribution is -2.54. The number of benzene rings is 1. The molecule has 2 N–H and O–H groups in total. The van der Waals surface area contributed by atoms with Gasteiger partial charge in [0.2, 0.25) is 0 Å². The first-order valence-corrected chi connectivity index (χ1v) is 8.15. The lowest BCUT2D eigenvalue weighted by atomic mass is 9.84. The molecule has 1 fully saturated rings. The van der Waals surface area contributed by atoms with Crippen LogP contribution in [0.5, 0.6) is 0 Å². The highest BCUT2D eigenvalue weighted by atomic mass is 16.5. The summed E-state index contributed by atoms with van der Waals surface area (Å²) in [6.45, 7) is 3.16. The zero-order valence-electron chi connectivity index (χ0n) is 13.8. The molecule has 1 aliphatic rings. The molecule has 0 atom stereocenters. The second-order valence-electron chi connectivity index (χ2n) is 6.18. The van der Waals surface area contributed by atoms with Gasteiger partial charge in [0.05, 0.1) is 23.6 Å². The Morgan fingerprint density at radius 3 is 2.58 bits per heavy atom. The normalized spacial score (nSPS) is 16.4. The van der Waals surface area contributed by atoms with Crippen molar-refractivity contribution in [2.24, 2.45) is 0 Å². The average Bonchev–Trinajstić information content (AvgIpc) is 2.58. The van der Waals surface area contributed by atoms with Crippen LogP contribution in [0.2, 0.25) is 0 Å². The zero-order valence-corrected chi connectivity index (χ0v) is 13.8. The van der Waals surface area contributed by atoms with E-state index in [2.05, 4.69) is 32.7 Å². The van der Waals surface area contributed by atoms with Gasteiger partial charge in [-0.2, -0.15) is 0 Å². The summed E-state index contributed by atoms with van der Waals surface area (Å²) in [7, 11) is 0. The number of carbonyl (C=O) groups excluding carboxylic acids is 1. The third-order valence-electron chi connectivity index (χ3n) is 4.24. The van der Waals surface area contributed by atoms with E-state index in [9.17, 15) is 4.79 Å². The molecule has 1 aromatic carbocycles. The highest BCUT2D eigenvalue weighted by molar-refractivity contribution is 5.88. The fourth-order valence-electron chi connectivity index (χ4n) is 2.94. The molecular weight excluding hydrogens is 304 g/mol. The van der Waals surface area contributed by atoms with Gasteiger partial charge in [-0.1, -0.05) is 30.3 Å². The second-order valence-corrected chi connectivity index (χ2v) is 6.18. The van der Waals surface area contributed by atoms with Gasteiger partial charge < -0.3 is 10.1 Å². The number of aromatic nitrogens is 2. The van der Waals surface area contributed by atoms with Gasteiger partial charge in [-0.05, 0) is 31.7 Å². The molecule has 2 amide bonds. The maximum Gasteiger partial charge on any atom is 0.320 e. The van der Waals surface area contributed by atoms with Crippen molar-refractivity contribution in [2.75, 3.05) is 18.5 Å². The van der Waals surface area contributed by atoms with Crippen molar-refractivity contribution >= 4 is 11.8 Å². The van der Waals surface area contributed by atoms with Crippen LogP contribution in [-0.2, 0) is 11.2 Å². The lowest BCUT2D eigenvalue weighted by Gasteiger charge is -2.38. The van der Waals surface area contributed by atoms with E-state index in [-0.39, 0.29) is 11.6 Å². The summed E-state index contributed by atoms with van der Waals surface area (Å²) < 4.78 is 5.48. The van der Waals surface area contributed by atoms with E-state index >= 15 is 0 Å². The maximum atomic E-state index is 12.4. The van der Waals surface area contributed by atoms with E-state index in [0.29, 0.717) is 19.0 Å². The minimum absolute atomic E-state index is 0.258. The summed E-state index contributed by atoms with van der Waals surface area (Å²) in [6.07, 6.45) is 5.54. The van der Waals surface area contributed by atoms with Crippen LogP contribution in [0.4, 0.5) is 10.6 Å². The third kappa shape index (κ3) is 4.29. The van der Waals surface area contributed by atoms with Crippen LogP contribution in [0.15, 0.2) is 42.7 Å². The first-order valence-electron chi connectivity index (χ1n) is 8.15. The highest BCUT2D eigenvalue weighted by Crippen LogP contribution is 2.25. The first-order chi connectivity index (χ1) is 11.7. The fourth-order valence-corrected chi connectivity index (χ4v) is 2.94. The standard InChI is InChI=1S/C18H22N4O2/c1-14-12-20-16(13-19-14)21-17(23)22-18(7-9-24-10-8-18)11-15-5-3-2-4-6-15/h2-6,12-13H,7-11H2,1H3,(H2,20,21,22,23). The lowest BCUT2D eigenvalue weighted by molar-refractivity contribution is 0.0432. The quantitative estimate of drug-likeness (QED) is 0.906. The molecule has 1 aliphatic heterocycles. The molecule has 6 heteroatoms. The van der Waals surface area contributed by atoms with Crippen LogP contribution in [0.3, 0.4) is 0 Å².